The highest BCUT2D eigenvalue weighted by atomic mass is 79.9. The molecule has 0 amide bonds. The number of aliphatic hydroxyl groups excluding tert-OH is 1. The Morgan fingerprint density at radius 1 is 1.02 bits per heavy atom. The molecule has 234 valence electrons. The van der Waals surface area contributed by atoms with E-state index in [4.69, 9.17) is 9.47 Å². The Labute approximate surface area is 252 Å². The minimum Gasteiger partial charge on any atom is -0.461 e. The Morgan fingerprint density at radius 2 is 1.68 bits per heavy atom. The first-order chi connectivity index (χ1) is 18.7. The smallest absolute Gasteiger partial charge is 0.321 e. The zero-order chi connectivity index (χ0) is 30.2. The molecule has 2 spiro atoms. The summed E-state index contributed by atoms with van der Waals surface area (Å²) < 4.78 is 46.6. The Balaban J connectivity index is 1.39. The molecule has 11 atom stereocenters. The fraction of sp³-hybridized carbons (Fsp3) is 0.969. The second-order valence-corrected chi connectivity index (χ2v) is 17.3. The van der Waals surface area contributed by atoms with E-state index in [2.05, 4.69) is 41.3 Å². The van der Waals surface area contributed by atoms with Crippen LogP contribution in [0.15, 0.2) is 0 Å². The van der Waals surface area contributed by atoms with E-state index < -0.39 is 46.6 Å². The summed E-state index contributed by atoms with van der Waals surface area (Å²) in [5.74, 6) is -3.63. The lowest BCUT2D eigenvalue weighted by Crippen LogP contribution is -2.64. The molecule has 0 unspecified atom stereocenters. The Bertz CT molecular complexity index is 1110. The molecule has 0 aromatic carbocycles. The summed E-state index contributed by atoms with van der Waals surface area (Å²) in [4.78, 5) is 12.9. The van der Waals surface area contributed by atoms with Crippen molar-refractivity contribution in [3.63, 3.8) is 0 Å². The quantitative estimate of drug-likeness (QED) is 0.245. The molecule has 0 bridgehead atoms. The average molecular weight is 647 g/mol. The van der Waals surface area contributed by atoms with Crippen LogP contribution in [0.2, 0.25) is 0 Å². The number of esters is 1. The van der Waals surface area contributed by atoms with E-state index in [1.54, 1.807) is 27.7 Å². The van der Waals surface area contributed by atoms with Crippen LogP contribution in [0.5, 0.6) is 0 Å². The highest BCUT2D eigenvalue weighted by Gasteiger charge is 2.86. The van der Waals surface area contributed by atoms with E-state index in [1.807, 2.05) is 0 Å². The maximum absolute atomic E-state index is 15.6. The first-order valence-corrected chi connectivity index (χ1v) is 16.5. The van der Waals surface area contributed by atoms with Gasteiger partial charge in [-0.2, -0.15) is 0 Å². The summed E-state index contributed by atoms with van der Waals surface area (Å²) in [6.07, 6.45) is 4.34. The molecule has 9 heteroatoms. The number of nitrogens with one attached hydrogen (secondary N) is 1. The van der Waals surface area contributed by atoms with Crippen molar-refractivity contribution >= 4 is 22.1 Å². The van der Waals surface area contributed by atoms with E-state index in [1.165, 1.54) is 0 Å². The summed E-state index contributed by atoms with van der Waals surface area (Å²) in [7, 11) is 0. The van der Waals surface area contributed by atoms with Crippen molar-refractivity contribution in [3.05, 3.63) is 0 Å². The summed E-state index contributed by atoms with van der Waals surface area (Å²) in [6, 6.07) is 0. The van der Waals surface area contributed by atoms with Crippen LogP contribution in [-0.2, 0) is 14.3 Å². The predicted octanol–water partition coefficient (Wildman–Crippen LogP) is 6.16. The molecule has 6 rings (SSSR count). The second kappa shape index (κ2) is 8.88. The van der Waals surface area contributed by atoms with Crippen LogP contribution in [0.3, 0.4) is 0 Å². The average Bonchev–Trinajstić information content (AvgIpc) is 3.21. The largest absolute Gasteiger partial charge is 0.461 e. The van der Waals surface area contributed by atoms with Crippen LogP contribution in [0, 0.1) is 44.8 Å². The predicted molar refractivity (Wildman–Crippen MR) is 154 cm³/mol. The fourth-order valence-electron chi connectivity index (χ4n) is 12.4. The topological polar surface area (TPSA) is 88.0 Å². The Hall–Kier alpha value is -0.350. The van der Waals surface area contributed by atoms with E-state index in [0.717, 1.165) is 32.1 Å². The van der Waals surface area contributed by atoms with Crippen molar-refractivity contribution < 1.29 is 33.3 Å². The number of carbonyl (C=O) groups excluding carboxylic acids is 1. The molecular weight excluding hydrogens is 596 g/mol. The van der Waals surface area contributed by atoms with Gasteiger partial charge in [0.15, 0.2) is 0 Å². The molecule has 5 saturated carbocycles. The van der Waals surface area contributed by atoms with Crippen molar-refractivity contribution in [2.45, 2.75) is 142 Å². The number of alkyl halides is 2. The zero-order valence-electron chi connectivity index (χ0n) is 25.8. The lowest BCUT2D eigenvalue weighted by molar-refractivity contribution is -0.251. The van der Waals surface area contributed by atoms with Gasteiger partial charge in [0.2, 0.25) is 0 Å². The van der Waals surface area contributed by atoms with Gasteiger partial charge in [0.1, 0.15) is 12.6 Å². The number of carbonyl (C=O) groups is 1. The summed E-state index contributed by atoms with van der Waals surface area (Å²) in [6.45, 7) is 13.7. The van der Waals surface area contributed by atoms with Gasteiger partial charge < -0.3 is 19.7 Å². The molecule has 41 heavy (non-hydrogen) atoms. The van der Waals surface area contributed by atoms with Crippen LogP contribution in [0.4, 0.5) is 8.78 Å². The van der Waals surface area contributed by atoms with Gasteiger partial charge >= 0.3 is 5.97 Å². The van der Waals surface area contributed by atoms with Gasteiger partial charge in [-0.3, -0.25) is 4.79 Å². The van der Waals surface area contributed by atoms with Crippen LogP contribution < -0.4 is 4.34 Å². The maximum atomic E-state index is 15.6. The number of halogens is 3. The molecule has 0 radical (unpaired) electrons. The highest BCUT2D eigenvalue weighted by molar-refractivity contribution is 9.08. The number of rotatable bonds is 5. The molecule has 6 fully saturated rings. The van der Waals surface area contributed by atoms with Gasteiger partial charge in [-0.05, 0) is 99.7 Å². The molecule has 1 saturated heterocycles. The van der Waals surface area contributed by atoms with E-state index in [0.29, 0.717) is 19.3 Å². The van der Waals surface area contributed by atoms with Gasteiger partial charge in [0.05, 0.1) is 23.4 Å². The molecule has 0 aromatic heterocycles. The molecule has 3 N–H and O–H groups in total. The molecule has 5 aliphatic carbocycles. The van der Waals surface area contributed by atoms with Crippen LogP contribution >= 0.6 is 16.1 Å². The second-order valence-electron chi connectivity index (χ2n) is 16.7. The van der Waals surface area contributed by atoms with Crippen molar-refractivity contribution in [2.24, 2.45) is 44.8 Å². The first kappa shape index (κ1) is 30.7. The number of fused-ring (bicyclic) bond motifs is 2. The van der Waals surface area contributed by atoms with Crippen molar-refractivity contribution in [1.82, 2.24) is 4.34 Å². The first-order valence-electron chi connectivity index (χ1n) is 15.7. The van der Waals surface area contributed by atoms with Crippen LogP contribution in [0.1, 0.15) is 106 Å². The maximum Gasteiger partial charge on any atom is 0.321 e. The van der Waals surface area contributed by atoms with Crippen molar-refractivity contribution in [1.29, 1.82) is 0 Å². The minimum absolute atomic E-state index is 0.0311. The standard InChI is InChI=1S/C32H50BrF2NO5/c1-25(2)24-19(40-22(38)16-36-33)14-20-28(6)15-18(37)23(29(7)9-8-21(41-29)26(3,4)39)27(28,5)10-11-30(20)17-31(24,30)12-13-32(25,34)35/h18-21,23-24,36-37,39H,8-17H2,1-7H3/t18-,19-,20-,21-,23-,24-,27+,28-,29-,30-,31+/m0/s1. The SMILES string of the molecule is CC(C)(O)[C@@H]1CC[C@@](C)([C@H]2[C@@H](O)C[C@@]3(C)[C@@H]4C[C@H](OC(=O)CNBr)[C@H]5C(C)(C)C(F)(F)CC[C@@]56C[C@@]46CC[C@]23C)O1. The van der Waals surface area contributed by atoms with Crippen molar-refractivity contribution in [3.8, 4) is 0 Å². The van der Waals surface area contributed by atoms with Crippen LogP contribution in [0.25, 0.3) is 0 Å². The van der Waals surface area contributed by atoms with Gasteiger partial charge in [0, 0.05) is 39.8 Å². The number of hydrogen-bond donors (Lipinski definition) is 3. The molecular formula is C32H50BrF2NO5. The summed E-state index contributed by atoms with van der Waals surface area (Å²) in [5.41, 5.74) is -3.68. The highest BCUT2D eigenvalue weighted by Crippen LogP contribution is 2.90. The number of ether oxygens (including phenoxy) is 2. The van der Waals surface area contributed by atoms with E-state index in [9.17, 15) is 15.0 Å². The van der Waals surface area contributed by atoms with Gasteiger partial charge in [-0.1, -0.05) is 27.7 Å². The van der Waals surface area contributed by atoms with E-state index in [-0.39, 0.29) is 52.6 Å². The number of hydrogen-bond acceptors (Lipinski definition) is 6. The molecule has 0 aromatic rings. The van der Waals surface area contributed by atoms with Gasteiger partial charge in [0.25, 0.3) is 5.92 Å². The lowest BCUT2D eigenvalue weighted by Gasteiger charge is -2.65. The van der Waals surface area contributed by atoms with E-state index >= 15 is 8.78 Å². The van der Waals surface area contributed by atoms with Crippen molar-refractivity contribution in [2.75, 3.05) is 6.54 Å². The fourth-order valence-corrected chi connectivity index (χ4v) is 12.6. The third-order valence-corrected chi connectivity index (χ3v) is 14.6. The normalized spacial score (nSPS) is 53.1. The van der Waals surface area contributed by atoms with Gasteiger partial charge in [-0.25, -0.2) is 13.1 Å². The summed E-state index contributed by atoms with van der Waals surface area (Å²) in [5, 5.41) is 22.6. The molecule has 1 heterocycles. The minimum atomic E-state index is -2.83. The third-order valence-electron chi connectivity index (χ3n) is 14.3. The molecule has 1 aliphatic heterocycles. The van der Waals surface area contributed by atoms with Crippen LogP contribution in [-0.4, -0.2) is 58.2 Å². The third kappa shape index (κ3) is 3.80. The lowest BCUT2D eigenvalue weighted by atomic mass is 9.41. The Kier molecular flexibility index (Phi) is 6.65. The molecule has 6 aliphatic rings. The summed E-state index contributed by atoms with van der Waals surface area (Å²) >= 11 is 3.09. The monoisotopic (exact) mass is 645 g/mol. The molecule has 6 nitrogen and oxygen atoms in total. The Morgan fingerprint density at radius 3 is 2.29 bits per heavy atom. The zero-order valence-corrected chi connectivity index (χ0v) is 27.4. The van der Waals surface area contributed by atoms with Gasteiger partial charge in [-0.15, -0.1) is 0 Å². The number of aliphatic hydroxyl groups is 2.